The van der Waals surface area contributed by atoms with Crippen molar-refractivity contribution in [2.24, 2.45) is 0 Å². The number of anilines is 1. The second kappa shape index (κ2) is 9.66. The molecule has 0 saturated heterocycles. The van der Waals surface area contributed by atoms with Gasteiger partial charge in [-0.15, -0.1) is 0 Å². The predicted octanol–water partition coefficient (Wildman–Crippen LogP) is 1.94. The minimum absolute atomic E-state index is 0.143. The lowest BCUT2D eigenvalue weighted by molar-refractivity contribution is -0.140. The van der Waals surface area contributed by atoms with E-state index in [0.29, 0.717) is 11.5 Å². The zero-order chi connectivity index (χ0) is 24.4. The van der Waals surface area contributed by atoms with Gasteiger partial charge in [0, 0.05) is 17.5 Å². The number of carbonyl (C=O) groups excluding carboxylic acids is 1. The van der Waals surface area contributed by atoms with Gasteiger partial charge in [0.15, 0.2) is 0 Å². The highest BCUT2D eigenvalue weighted by molar-refractivity contribution is 5.97. The number of amides is 1. The number of nitrogen functional groups attached to an aromatic ring is 1. The number of nitrogens with one attached hydrogen (secondary N) is 2. The lowest BCUT2D eigenvalue weighted by Crippen LogP contribution is -2.41. The van der Waals surface area contributed by atoms with Crippen LogP contribution in [0.4, 0.5) is 5.95 Å². The molecule has 4 rings (SSSR count). The molecule has 1 heterocycles. The fourth-order valence-electron chi connectivity index (χ4n) is 5.22. The average molecular weight is 469 g/mol. The molecule has 3 atom stereocenters. The molecular weight excluding hydrogens is 440 g/mol. The maximum absolute atomic E-state index is 12.6. The Morgan fingerprint density at radius 1 is 1.15 bits per heavy atom. The fraction of sp³-hybridized carbons (Fsp3) is 0.458. The lowest BCUT2D eigenvalue weighted by atomic mass is 9.89. The van der Waals surface area contributed by atoms with E-state index in [-0.39, 0.29) is 30.3 Å². The third-order valence-corrected chi connectivity index (χ3v) is 6.91. The molecule has 0 saturated carbocycles. The third kappa shape index (κ3) is 4.95. The largest absolute Gasteiger partial charge is 0.481 e. The summed E-state index contributed by atoms with van der Waals surface area (Å²) in [4.78, 5) is 53.9. The van der Waals surface area contributed by atoms with E-state index in [2.05, 4.69) is 15.3 Å². The molecule has 2 aliphatic carbocycles. The number of nitrogens with zero attached hydrogens (tertiary/aromatic N) is 1. The molecule has 0 bridgehead atoms. The summed E-state index contributed by atoms with van der Waals surface area (Å²) < 4.78 is 0. The van der Waals surface area contributed by atoms with Crippen molar-refractivity contribution in [1.29, 1.82) is 0 Å². The molecule has 1 amide bonds. The van der Waals surface area contributed by atoms with Crippen LogP contribution >= 0.6 is 0 Å². The summed E-state index contributed by atoms with van der Waals surface area (Å²) in [7, 11) is 0. The van der Waals surface area contributed by atoms with Crippen molar-refractivity contribution in [3.63, 3.8) is 0 Å². The SMILES string of the molecule is Nc1nc2c(c(=O)[nH]1)C(CCC1CCc3cc(C(=O)N[C@@H](CCC(=O)O)C(=O)O)ccc31)CC2. The van der Waals surface area contributed by atoms with Gasteiger partial charge in [0.05, 0.1) is 5.69 Å². The molecule has 1 aromatic heterocycles. The van der Waals surface area contributed by atoms with E-state index in [1.54, 1.807) is 12.1 Å². The van der Waals surface area contributed by atoms with Gasteiger partial charge in [-0.2, -0.15) is 0 Å². The van der Waals surface area contributed by atoms with Gasteiger partial charge >= 0.3 is 11.9 Å². The highest BCUT2D eigenvalue weighted by atomic mass is 16.4. The molecule has 0 radical (unpaired) electrons. The Hall–Kier alpha value is -3.69. The quantitative estimate of drug-likeness (QED) is 0.371. The number of carboxylic acids is 2. The van der Waals surface area contributed by atoms with Gasteiger partial charge in [-0.1, -0.05) is 6.07 Å². The van der Waals surface area contributed by atoms with Crippen LogP contribution in [0, 0.1) is 0 Å². The Kier molecular flexibility index (Phi) is 6.67. The number of fused-ring (bicyclic) bond motifs is 2. The number of carboxylic acid groups (broad SMARTS) is 2. The van der Waals surface area contributed by atoms with Crippen LogP contribution in [0.2, 0.25) is 0 Å². The van der Waals surface area contributed by atoms with Crippen molar-refractivity contribution in [3.8, 4) is 0 Å². The van der Waals surface area contributed by atoms with Gasteiger partial charge in [-0.25, -0.2) is 9.78 Å². The summed E-state index contributed by atoms with van der Waals surface area (Å²) in [6.07, 6.45) is 4.69. The fourth-order valence-corrected chi connectivity index (χ4v) is 5.22. The standard InChI is InChI=1S/C24H28N4O6/c25-24-27-17-8-6-13(20(17)22(32)28-24)3-1-12-2-4-14-11-15(5-7-16(12)14)21(31)26-18(23(33)34)9-10-19(29)30/h5,7,11-13,18H,1-4,6,8-10H2,(H,26,31)(H,29,30)(H,33,34)(H3,25,27,28,32)/t12?,13?,18-/m0/s1. The van der Waals surface area contributed by atoms with Crippen LogP contribution in [0.15, 0.2) is 23.0 Å². The van der Waals surface area contributed by atoms with Gasteiger partial charge in [0.2, 0.25) is 5.95 Å². The number of rotatable bonds is 9. The van der Waals surface area contributed by atoms with E-state index >= 15 is 0 Å². The van der Waals surface area contributed by atoms with E-state index in [4.69, 9.17) is 10.8 Å². The van der Waals surface area contributed by atoms with Crippen molar-refractivity contribution in [3.05, 3.63) is 56.5 Å². The minimum atomic E-state index is -1.26. The van der Waals surface area contributed by atoms with Crippen LogP contribution in [-0.2, 0) is 22.4 Å². The number of aryl methyl sites for hydroxylation is 2. The highest BCUT2D eigenvalue weighted by Gasteiger charge is 2.30. The number of benzene rings is 1. The molecule has 10 heteroatoms. The van der Waals surface area contributed by atoms with Gasteiger partial charge < -0.3 is 21.3 Å². The van der Waals surface area contributed by atoms with Crippen LogP contribution in [0.25, 0.3) is 0 Å². The molecule has 2 unspecified atom stereocenters. The predicted molar refractivity (Wildman–Crippen MR) is 123 cm³/mol. The summed E-state index contributed by atoms with van der Waals surface area (Å²) in [6, 6.07) is 4.15. The molecule has 2 aromatic rings. The van der Waals surface area contributed by atoms with Crippen molar-refractivity contribution in [2.75, 3.05) is 5.73 Å². The Balaban J connectivity index is 1.39. The zero-order valence-corrected chi connectivity index (χ0v) is 18.7. The normalized spacial score (nSPS) is 19.3. The number of H-pyrrole nitrogens is 1. The Labute approximate surface area is 195 Å². The van der Waals surface area contributed by atoms with Gasteiger partial charge in [-0.05, 0) is 80.0 Å². The third-order valence-electron chi connectivity index (χ3n) is 6.91. The number of nitrogens with two attached hydrogens (primary N) is 1. The molecule has 0 spiro atoms. The van der Waals surface area contributed by atoms with Crippen molar-refractivity contribution in [1.82, 2.24) is 15.3 Å². The van der Waals surface area contributed by atoms with Crippen LogP contribution in [-0.4, -0.2) is 44.1 Å². The topological polar surface area (TPSA) is 175 Å². The Morgan fingerprint density at radius 3 is 2.62 bits per heavy atom. The lowest BCUT2D eigenvalue weighted by Gasteiger charge is -2.16. The Morgan fingerprint density at radius 2 is 1.88 bits per heavy atom. The second-order valence-electron chi connectivity index (χ2n) is 9.07. The summed E-state index contributed by atoms with van der Waals surface area (Å²) >= 11 is 0. The first-order valence-electron chi connectivity index (χ1n) is 11.5. The summed E-state index contributed by atoms with van der Waals surface area (Å²) in [5.74, 6) is -2.25. The van der Waals surface area contributed by atoms with Gasteiger partial charge in [0.1, 0.15) is 6.04 Å². The highest BCUT2D eigenvalue weighted by Crippen LogP contribution is 2.41. The first-order chi connectivity index (χ1) is 16.2. The van der Waals surface area contributed by atoms with Crippen molar-refractivity contribution in [2.45, 2.75) is 69.2 Å². The summed E-state index contributed by atoms with van der Waals surface area (Å²) in [5.41, 5.74) is 9.68. The van der Waals surface area contributed by atoms with Crippen LogP contribution in [0.5, 0.6) is 0 Å². The van der Waals surface area contributed by atoms with E-state index in [9.17, 15) is 24.3 Å². The number of hydrogen-bond donors (Lipinski definition) is 5. The first kappa shape index (κ1) is 23.5. The Bertz CT molecular complexity index is 1190. The van der Waals surface area contributed by atoms with Gasteiger partial charge in [0.25, 0.3) is 11.5 Å². The molecule has 0 fully saturated rings. The average Bonchev–Trinajstić information content (AvgIpc) is 3.38. The summed E-state index contributed by atoms with van der Waals surface area (Å²) in [5, 5.41) is 20.5. The van der Waals surface area contributed by atoms with Crippen LogP contribution in [0.3, 0.4) is 0 Å². The molecule has 0 aliphatic heterocycles. The monoisotopic (exact) mass is 468 g/mol. The van der Waals surface area contributed by atoms with E-state index in [0.717, 1.165) is 55.3 Å². The molecule has 180 valence electrons. The van der Waals surface area contributed by atoms with Crippen molar-refractivity contribution < 1.29 is 24.6 Å². The summed E-state index contributed by atoms with van der Waals surface area (Å²) in [6.45, 7) is 0. The first-order valence-corrected chi connectivity index (χ1v) is 11.5. The van der Waals surface area contributed by atoms with Crippen LogP contribution in [0.1, 0.15) is 83.1 Å². The maximum atomic E-state index is 12.6. The molecule has 2 aliphatic rings. The minimum Gasteiger partial charge on any atom is -0.481 e. The van der Waals surface area contributed by atoms with Crippen LogP contribution < -0.4 is 16.6 Å². The van der Waals surface area contributed by atoms with Gasteiger partial charge in [-0.3, -0.25) is 19.4 Å². The number of aromatic nitrogens is 2. The number of hydrogen-bond acceptors (Lipinski definition) is 6. The number of aliphatic carboxylic acids is 2. The maximum Gasteiger partial charge on any atom is 0.326 e. The molecular formula is C24H28N4O6. The smallest absolute Gasteiger partial charge is 0.326 e. The van der Waals surface area contributed by atoms with E-state index in [1.807, 2.05) is 6.07 Å². The molecule has 1 aromatic carbocycles. The number of aromatic amines is 1. The zero-order valence-electron chi connectivity index (χ0n) is 18.7. The number of carbonyl (C=O) groups is 3. The van der Waals surface area contributed by atoms with Crippen molar-refractivity contribution >= 4 is 23.8 Å². The molecule has 34 heavy (non-hydrogen) atoms. The molecule has 6 N–H and O–H groups in total. The van der Waals surface area contributed by atoms with E-state index in [1.165, 1.54) is 5.56 Å². The van der Waals surface area contributed by atoms with E-state index < -0.39 is 23.9 Å². The second-order valence-corrected chi connectivity index (χ2v) is 9.07. The molecule has 10 nitrogen and oxygen atoms in total.